The number of aliphatic hydroxyl groups excluding tert-OH is 2. The van der Waals surface area contributed by atoms with Gasteiger partial charge in [0.25, 0.3) is 11.7 Å². The Bertz CT molecular complexity index is 3460. The highest BCUT2D eigenvalue weighted by Gasteiger charge is 2.50. The van der Waals surface area contributed by atoms with Crippen LogP contribution in [0.25, 0.3) is 21.7 Å². The lowest BCUT2D eigenvalue weighted by Crippen LogP contribution is -2.49. The summed E-state index contributed by atoms with van der Waals surface area (Å²) >= 11 is 0. The Morgan fingerprint density at radius 3 is 2.23 bits per heavy atom. The molecule has 3 aromatic carbocycles. The number of carboxylic acids is 1. The minimum Gasteiger partial charge on any atom is -0.507 e. The molecule has 22 nitrogen and oxygen atoms in total. The van der Waals surface area contributed by atoms with E-state index >= 15 is 4.39 Å². The molecule has 83 heavy (non-hydrogen) atoms. The number of fused-ring (bicyclic) bond motifs is 15. The van der Waals surface area contributed by atoms with Crippen molar-refractivity contribution in [3.8, 4) is 28.7 Å². The zero-order valence-electron chi connectivity index (χ0n) is 48.1. The van der Waals surface area contributed by atoms with E-state index < -0.39 is 112 Å². The van der Waals surface area contributed by atoms with Crippen LogP contribution in [-0.4, -0.2) is 165 Å². The van der Waals surface area contributed by atoms with Crippen molar-refractivity contribution in [2.75, 3.05) is 63.7 Å². The molecule has 3 fully saturated rings. The fourth-order valence-corrected chi connectivity index (χ4v) is 12.2. The van der Waals surface area contributed by atoms with Gasteiger partial charge in [0.2, 0.25) is 5.43 Å². The molecular formula is C60H73FN6O16. The van der Waals surface area contributed by atoms with Crippen LogP contribution in [0.3, 0.4) is 0 Å². The molecule has 5 aliphatic heterocycles. The van der Waals surface area contributed by atoms with E-state index in [0.29, 0.717) is 51.2 Å². The number of piperazine rings is 1. The number of carbonyl (C=O) groups is 4. The minimum absolute atomic E-state index is 0.00315. The summed E-state index contributed by atoms with van der Waals surface area (Å²) in [6.07, 6.45) is 8.01. The number of carboxylic acid groups (broad SMARTS) is 1. The lowest BCUT2D eigenvalue weighted by molar-refractivity contribution is -0.160. The van der Waals surface area contributed by atoms with Crippen molar-refractivity contribution in [2.24, 2.45) is 28.8 Å². The molecule has 6 heterocycles. The lowest BCUT2D eigenvalue weighted by Gasteiger charge is -2.38. The number of esters is 1. The third-order valence-corrected chi connectivity index (χ3v) is 17.2. The number of rotatable bonds is 9. The second-order valence-electron chi connectivity index (χ2n) is 22.7. The quantitative estimate of drug-likeness (QED) is 0.0408. The summed E-state index contributed by atoms with van der Waals surface area (Å²) in [6, 6.07) is 1.01. The highest BCUT2D eigenvalue weighted by atomic mass is 19.1. The number of hydrogen-bond acceptors (Lipinski definition) is 19. The number of benzene rings is 3. The number of phenols is 3. The fraction of sp³-hybridized carbons (Fsp3) is 0.500. The fourth-order valence-electron chi connectivity index (χ4n) is 12.2. The van der Waals surface area contributed by atoms with Gasteiger partial charge >= 0.3 is 17.7 Å². The number of hydrazone groups is 1. The minimum atomic E-state index is -2.13. The molecule has 1 aliphatic carbocycles. The zero-order valence-corrected chi connectivity index (χ0v) is 48.1. The Hall–Kier alpha value is -7.73. The number of aliphatic hydroxyl groups is 2. The highest BCUT2D eigenvalue weighted by Crippen LogP contribution is 2.55. The number of aromatic carboxylic acids is 1. The van der Waals surface area contributed by atoms with E-state index in [0.717, 1.165) is 18.9 Å². The first kappa shape index (κ1) is 59.9. The van der Waals surface area contributed by atoms with Gasteiger partial charge in [0.15, 0.2) is 17.3 Å². The van der Waals surface area contributed by atoms with Crippen LogP contribution in [-0.2, 0) is 23.8 Å². The summed E-state index contributed by atoms with van der Waals surface area (Å²) in [6.45, 7) is 14.9. The Balaban J connectivity index is 1.03. The average molecular weight is 1150 g/mol. The number of amides is 1. The normalized spacial score (nSPS) is 29.0. The second kappa shape index (κ2) is 23.5. The molecule has 446 valence electrons. The lowest BCUT2D eigenvalue weighted by atomic mass is 9.78. The van der Waals surface area contributed by atoms with Gasteiger partial charge in [0, 0.05) is 119 Å². The number of Topliss-reactive ketones (excluding diaryl/α,β-unsaturated/α-hetero) is 1. The monoisotopic (exact) mass is 1150 g/mol. The summed E-state index contributed by atoms with van der Waals surface area (Å²) in [7, 11) is 2.82. The van der Waals surface area contributed by atoms with Crippen molar-refractivity contribution in [2.45, 2.75) is 117 Å². The Morgan fingerprint density at radius 1 is 0.892 bits per heavy atom. The van der Waals surface area contributed by atoms with Gasteiger partial charge in [-0.05, 0) is 45.3 Å². The van der Waals surface area contributed by atoms with E-state index in [1.807, 2.05) is 4.90 Å². The van der Waals surface area contributed by atoms with Crippen LogP contribution < -0.4 is 25.1 Å². The number of halogens is 1. The number of aromatic hydroxyl groups is 3. The van der Waals surface area contributed by atoms with Gasteiger partial charge in [-0.15, -0.1) is 0 Å². The van der Waals surface area contributed by atoms with Gasteiger partial charge in [-0.2, -0.15) is 5.10 Å². The largest absolute Gasteiger partial charge is 0.507 e. The van der Waals surface area contributed by atoms with Crippen LogP contribution in [0.1, 0.15) is 106 Å². The molecule has 1 unspecified atom stereocenters. The van der Waals surface area contributed by atoms with Crippen LogP contribution >= 0.6 is 0 Å². The molecule has 6 aliphatic rings. The van der Waals surface area contributed by atoms with E-state index in [1.165, 1.54) is 72.7 Å². The molecule has 1 aromatic heterocycles. The second-order valence-corrected chi connectivity index (χ2v) is 22.7. The molecule has 0 radical (unpaired) electrons. The van der Waals surface area contributed by atoms with E-state index in [9.17, 15) is 54.6 Å². The maximum absolute atomic E-state index is 16.3. The van der Waals surface area contributed by atoms with Crippen molar-refractivity contribution >= 4 is 62.9 Å². The van der Waals surface area contributed by atoms with Crippen LogP contribution in [0.15, 0.2) is 58.3 Å². The van der Waals surface area contributed by atoms with E-state index in [-0.39, 0.29) is 73.4 Å². The zero-order chi connectivity index (χ0) is 60.3. The Labute approximate surface area is 478 Å². The average Bonchev–Trinajstić information content (AvgIpc) is 2.06. The van der Waals surface area contributed by atoms with Gasteiger partial charge in [-0.25, -0.2) is 9.18 Å². The molecule has 7 N–H and O–H groups in total. The van der Waals surface area contributed by atoms with Gasteiger partial charge in [0.1, 0.15) is 34.6 Å². The first-order valence-corrected chi connectivity index (χ1v) is 27.9. The predicted octanol–water partition coefficient (Wildman–Crippen LogP) is 6.48. The van der Waals surface area contributed by atoms with Crippen LogP contribution in [0.2, 0.25) is 0 Å². The van der Waals surface area contributed by atoms with E-state index in [4.69, 9.17) is 28.8 Å². The van der Waals surface area contributed by atoms with Crippen molar-refractivity contribution in [1.29, 1.82) is 0 Å². The van der Waals surface area contributed by atoms with Crippen molar-refractivity contribution in [3.63, 3.8) is 0 Å². The molecule has 4 aromatic rings. The summed E-state index contributed by atoms with van der Waals surface area (Å²) in [5.74, 6) is -11.0. The number of anilines is 2. The molecule has 0 spiro atoms. The Morgan fingerprint density at radius 2 is 1.59 bits per heavy atom. The standard InChI is InChI=1S/C60H73FN6O16/c1-28-12-11-13-29(2)58(76)63-45-38(25-62-66-21-19-64(20-22-66)36-16-18-65(26-36)47-40(61)24-37-46(56(47)80-10)67(35-14-15-35)27-39(51(37)72)59(77)78)52(73)42-43(53(45)74)50(71)33(6)55-44(42)57(75)60(8,83-55)81-23-17-41(79-9)30(3)54(82-34(7)68)32(5)49(70)31(4)48(28)69/h11-13,17,23-25,27-28,30-32,35-36,41,48-49,54,69-71,73-74H,14-16,18-22,26H2,1-10H3,(H,63,76)(H,77,78)/b12-11+,23-17+,29-13-,62-25+/t28-,30+,31+,32+,36?,41-,48-,49+,54+,60-/m0/s1. The maximum atomic E-state index is 16.3. The van der Waals surface area contributed by atoms with Crippen molar-refractivity contribution in [1.82, 2.24) is 14.5 Å². The molecule has 10 rings (SSSR count). The van der Waals surface area contributed by atoms with Gasteiger partial charge in [-0.1, -0.05) is 45.9 Å². The van der Waals surface area contributed by atoms with E-state index in [1.54, 1.807) is 49.4 Å². The third kappa shape index (κ3) is 11.1. The van der Waals surface area contributed by atoms with Crippen LogP contribution in [0, 0.1) is 36.4 Å². The van der Waals surface area contributed by atoms with Gasteiger partial charge in [-0.3, -0.25) is 29.1 Å². The van der Waals surface area contributed by atoms with Gasteiger partial charge in [0.05, 0.1) is 71.0 Å². The number of ketones is 1. The molecule has 2 saturated heterocycles. The summed E-state index contributed by atoms with van der Waals surface area (Å²) in [5, 5.41) is 77.9. The number of ether oxygens (including phenoxy) is 5. The summed E-state index contributed by atoms with van der Waals surface area (Å²) in [5.41, 5.74) is -1.39. The van der Waals surface area contributed by atoms with Gasteiger partial charge < -0.3 is 69.1 Å². The number of allylic oxidation sites excluding steroid dienone is 2. The van der Waals surface area contributed by atoms with Crippen molar-refractivity contribution in [3.05, 3.63) is 86.7 Å². The third-order valence-electron chi connectivity index (χ3n) is 17.2. The summed E-state index contributed by atoms with van der Waals surface area (Å²) in [4.78, 5) is 70.8. The number of aromatic nitrogens is 1. The first-order chi connectivity index (χ1) is 39.3. The number of nitrogens with zero attached hydrogens (tertiary/aromatic N) is 5. The number of methoxy groups -OCH3 is 2. The number of pyridine rings is 1. The SMILES string of the molecule is COc1c(N2CCC(N3CCN(/N=C/c4c5c(O)c6c(O)c(C)c7c(c6c4O)C(=O)[C@@](C)(O/C=C/[C@H](OC)[C@@H](C)[C@@H](OC(C)=O)[C@H](C)[C@H](O)[C@H](C)[C@@H](O)[C@@H](C)/C=C/C=C(/C)C(=O)N5)O7)CC3)C2)c(F)cc2c(=O)c(C(=O)O)cn(C3CC3)c12. The smallest absolute Gasteiger partial charge is 0.341 e. The molecule has 10 atom stereocenters. The van der Waals surface area contributed by atoms with Crippen LogP contribution in [0.4, 0.5) is 15.8 Å². The topological polar surface area (TPSA) is 292 Å². The number of phenolic OH excluding ortho intramolecular Hbond substituents is 3. The predicted molar refractivity (Wildman–Crippen MR) is 305 cm³/mol. The molecule has 1 saturated carbocycles. The number of nitrogens with one attached hydrogen (secondary N) is 1. The summed E-state index contributed by atoms with van der Waals surface area (Å²) < 4.78 is 47.7. The highest BCUT2D eigenvalue weighted by molar-refractivity contribution is 6.24. The molecule has 5 bridgehead atoms. The first-order valence-electron chi connectivity index (χ1n) is 27.9. The van der Waals surface area contributed by atoms with E-state index in [2.05, 4.69) is 10.2 Å². The maximum Gasteiger partial charge on any atom is 0.341 e. The van der Waals surface area contributed by atoms with Crippen LogP contribution in [0.5, 0.6) is 28.7 Å². The van der Waals surface area contributed by atoms with Crippen molar-refractivity contribution < 1.29 is 77.9 Å². The molecular weight excluding hydrogens is 1080 g/mol. The molecule has 1 amide bonds. The number of hydrogen-bond donors (Lipinski definition) is 7. The molecule has 23 heteroatoms. The number of carbonyl (C=O) groups excluding carboxylic acids is 3. The Kier molecular flexibility index (Phi) is 17.0.